The van der Waals surface area contributed by atoms with Crippen LogP contribution in [0.1, 0.15) is 13.2 Å². The summed E-state index contributed by atoms with van der Waals surface area (Å²) in [6.07, 6.45) is -3.76. The summed E-state index contributed by atoms with van der Waals surface area (Å²) in [5.41, 5.74) is -5.37. The molecule has 1 heterocycles. The molecule has 21 heteroatoms. The fourth-order valence-corrected chi connectivity index (χ4v) is 5.37. The van der Waals surface area contributed by atoms with Crippen LogP contribution in [0.4, 0.5) is 4.39 Å². The van der Waals surface area contributed by atoms with Gasteiger partial charge in [-0.05, 0) is 12.5 Å². The first-order chi connectivity index (χ1) is 14.8. The minimum absolute atomic E-state index is 0.415. The molecule has 3 unspecified atom stereocenters. The van der Waals surface area contributed by atoms with E-state index >= 15 is 0 Å². The monoisotopic (exact) mass is 544 g/mol. The summed E-state index contributed by atoms with van der Waals surface area (Å²) in [5.74, 6) is 0. The summed E-state index contributed by atoms with van der Waals surface area (Å²) in [6, 6.07) is 0.785. The molecule has 0 aliphatic rings. The zero-order valence-electron chi connectivity index (χ0n) is 16.5. The second-order valence-corrected chi connectivity index (χ2v) is 10.6. The van der Waals surface area contributed by atoms with Crippen molar-refractivity contribution >= 4 is 23.5 Å². The highest BCUT2D eigenvalue weighted by atomic mass is 31.3. The Hall–Kier alpha value is -1.36. The standard InChI is InChI=1S/C12H20FN2O15P3/c1-7(2)12(19,10(27-6-13)15-4-3-9(17)14-11(15)18)8(16)5-28-32(23,24)30-33(25,26)29-31(20,21)22/h3-4,8,10,16,19H,1,5-6H2,2H3,(H,23,24)(H,25,26)(H,14,17,18)(H2,20,21,22)/t8?,10-,12-/m1/s1. The van der Waals surface area contributed by atoms with Crippen molar-refractivity contribution in [3.63, 3.8) is 0 Å². The molecular formula is C12H20FN2O15P3. The third-order valence-corrected chi connectivity index (χ3v) is 7.51. The van der Waals surface area contributed by atoms with Gasteiger partial charge >= 0.3 is 29.2 Å². The second-order valence-electron chi connectivity index (χ2n) is 6.15. The van der Waals surface area contributed by atoms with Crippen LogP contribution in [0.3, 0.4) is 0 Å². The molecule has 0 aromatic carbocycles. The summed E-state index contributed by atoms with van der Waals surface area (Å²) in [6.45, 7) is 1.34. The van der Waals surface area contributed by atoms with Crippen LogP contribution in [0.5, 0.6) is 0 Å². The second kappa shape index (κ2) is 10.9. The molecule has 0 amide bonds. The number of H-pyrrole nitrogens is 1. The molecule has 190 valence electrons. The molecule has 1 aromatic heterocycles. The number of rotatable bonds is 13. The Morgan fingerprint density at radius 1 is 1.21 bits per heavy atom. The Morgan fingerprint density at radius 2 is 1.79 bits per heavy atom. The first-order valence-electron chi connectivity index (χ1n) is 8.18. The Labute approximate surface area is 183 Å². The number of hydrogen-bond acceptors (Lipinski definition) is 11. The SMILES string of the molecule is C=C(C)[C@@](O)(C(O)COP(=O)(O)OP(=O)(O)OP(=O)(O)O)[C@@H](OCF)n1ccc(=O)[nH]c1=O. The van der Waals surface area contributed by atoms with Gasteiger partial charge in [0.25, 0.3) is 5.56 Å². The maximum Gasteiger partial charge on any atom is 0.490 e. The van der Waals surface area contributed by atoms with Gasteiger partial charge in [0.05, 0.1) is 6.61 Å². The number of aliphatic hydroxyl groups excluding tert-OH is 1. The first kappa shape index (κ1) is 29.7. The van der Waals surface area contributed by atoms with E-state index in [1.54, 1.807) is 4.98 Å². The maximum atomic E-state index is 13.0. The minimum Gasteiger partial charge on any atom is -0.387 e. The lowest BCUT2D eigenvalue weighted by Crippen LogP contribution is -2.55. The van der Waals surface area contributed by atoms with Crippen LogP contribution in [0.15, 0.2) is 34.0 Å². The van der Waals surface area contributed by atoms with Crippen LogP contribution in [0.2, 0.25) is 0 Å². The van der Waals surface area contributed by atoms with Gasteiger partial charge in [-0.3, -0.25) is 18.9 Å². The van der Waals surface area contributed by atoms with Gasteiger partial charge in [0, 0.05) is 12.3 Å². The normalized spacial score (nSPS) is 19.6. The third kappa shape index (κ3) is 8.42. The molecule has 33 heavy (non-hydrogen) atoms. The molecule has 7 N–H and O–H groups in total. The Balaban J connectivity index is 3.21. The van der Waals surface area contributed by atoms with Crippen molar-refractivity contribution in [2.24, 2.45) is 0 Å². The van der Waals surface area contributed by atoms with Gasteiger partial charge in [0.15, 0.2) is 18.7 Å². The van der Waals surface area contributed by atoms with Gasteiger partial charge < -0.3 is 34.5 Å². The number of hydrogen-bond donors (Lipinski definition) is 7. The highest BCUT2D eigenvalue weighted by Crippen LogP contribution is 2.66. The zero-order chi connectivity index (χ0) is 25.8. The predicted molar refractivity (Wildman–Crippen MR) is 103 cm³/mol. The summed E-state index contributed by atoms with van der Waals surface area (Å²) in [5, 5.41) is 21.4. The fraction of sp³-hybridized carbons (Fsp3) is 0.500. The van der Waals surface area contributed by atoms with Crippen LogP contribution in [0, 0.1) is 0 Å². The molecule has 0 radical (unpaired) electrons. The number of nitrogens with zero attached hydrogens (tertiary/aromatic N) is 1. The van der Waals surface area contributed by atoms with Crippen molar-refractivity contribution in [2.45, 2.75) is 24.9 Å². The lowest BCUT2D eigenvalue weighted by atomic mass is 9.87. The van der Waals surface area contributed by atoms with E-state index in [9.17, 15) is 42.8 Å². The lowest BCUT2D eigenvalue weighted by molar-refractivity contribution is -0.196. The van der Waals surface area contributed by atoms with Crippen molar-refractivity contribution < 1.29 is 65.8 Å². The van der Waals surface area contributed by atoms with E-state index in [2.05, 4.69) is 24.5 Å². The van der Waals surface area contributed by atoms with E-state index in [0.29, 0.717) is 4.57 Å². The van der Waals surface area contributed by atoms with Gasteiger partial charge in [-0.25, -0.2) is 22.9 Å². The van der Waals surface area contributed by atoms with E-state index in [4.69, 9.17) is 14.7 Å². The van der Waals surface area contributed by atoms with E-state index < -0.39 is 71.7 Å². The Bertz CT molecular complexity index is 1110. The van der Waals surface area contributed by atoms with Gasteiger partial charge in [0.2, 0.25) is 0 Å². The van der Waals surface area contributed by atoms with E-state index in [-0.39, 0.29) is 0 Å². The van der Waals surface area contributed by atoms with Crippen molar-refractivity contribution in [3.05, 3.63) is 45.3 Å². The van der Waals surface area contributed by atoms with E-state index in [1.807, 2.05) is 0 Å². The number of alkyl halides is 1. The number of halogens is 1. The number of nitrogens with one attached hydrogen (secondary N) is 1. The quantitative estimate of drug-likeness (QED) is 0.116. The molecule has 17 nitrogen and oxygen atoms in total. The van der Waals surface area contributed by atoms with Gasteiger partial charge in [-0.15, -0.1) is 0 Å². The van der Waals surface area contributed by atoms with E-state index in [0.717, 1.165) is 19.2 Å². The average Bonchev–Trinajstić information content (AvgIpc) is 2.61. The summed E-state index contributed by atoms with van der Waals surface area (Å²) in [7, 11) is -17.2. The van der Waals surface area contributed by atoms with Crippen molar-refractivity contribution in [1.82, 2.24) is 9.55 Å². The molecule has 0 saturated carbocycles. The van der Waals surface area contributed by atoms with Crippen LogP contribution < -0.4 is 11.2 Å². The predicted octanol–water partition coefficient (Wildman–Crippen LogP) is -1.01. The van der Waals surface area contributed by atoms with Crippen LogP contribution >= 0.6 is 23.5 Å². The van der Waals surface area contributed by atoms with Crippen molar-refractivity contribution in [2.75, 3.05) is 13.5 Å². The molecular weight excluding hydrogens is 524 g/mol. The fourth-order valence-electron chi connectivity index (χ4n) is 2.35. The lowest BCUT2D eigenvalue weighted by Gasteiger charge is -2.39. The summed E-state index contributed by atoms with van der Waals surface area (Å²) < 4.78 is 63.1. The van der Waals surface area contributed by atoms with Gasteiger partial charge in [-0.1, -0.05) is 6.58 Å². The summed E-state index contributed by atoms with van der Waals surface area (Å²) >= 11 is 0. The number of phosphoric ester groups is 1. The number of phosphoric acid groups is 3. The van der Waals surface area contributed by atoms with Crippen LogP contribution in [-0.2, 0) is 31.6 Å². The number of aromatic amines is 1. The maximum absolute atomic E-state index is 13.0. The average molecular weight is 544 g/mol. The zero-order valence-corrected chi connectivity index (χ0v) is 19.1. The smallest absolute Gasteiger partial charge is 0.387 e. The Morgan fingerprint density at radius 3 is 2.24 bits per heavy atom. The van der Waals surface area contributed by atoms with Crippen LogP contribution in [0.25, 0.3) is 0 Å². The summed E-state index contributed by atoms with van der Waals surface area (Å²) in [4.78, 5) is 60.6. The highest BCUT2D eigenvalue weighted by molar-refractivity contribution is 7.66. The van der Waals surface area contributed by atoms with Crippen molar-refractivity contribution in [1.29, 1.82) is 0 Å². The number of ether oxygens (including phenoxy) is 1. The highest BCUT2D eigenvalue weighted by Gasteiger charge is 2.49. The number of aliphatic hydroxyl groups is 2. The molecule has 0 aliphatic heterocycles. The minimum atomic E-state index is -5.86. The third-order valence-electron chi connectivity index (χ3n) is 3.70. The molecule has 1 aromatic rings. The molecule has 0 saturated heterocycles. The van der Waals surface area contributed by atoms with Crippen LogP contribution in [-0.4, -0.2) is 64.5 Å². The molecule has 5 atom stereocenters. The van der Waals surface area contributed by atoms with Gasteiger partial charge in [0.1, 0.15) is 6.10 Å². The molecule has 0 aliphatic carbocycles. The molecule has 1 rings (SSSR count). The van der Waals surface area contributed by atoms with E-state index in [1.165, 1.54) is 0 Å². The molecule has 0 spiro atoms. The van der Waals surface area contributed by atoms with Gasteiger partial charge in [-0.2, -0.15) is 8.62 Å². The van der Waals surface area contributed by atoms with Crippen molar-refractivity contribution in [3.8, 4) is 0 Å². The molecule has 0 bridgehead atoms. The topological polar surface area (TPSA) is 264 Å². The Kier molecular flexibility index (Phi) is 9.82. The largest absolute Gasteiger partial charge is 0.490 e. The number of aromatic nitrogens is 2. The first-order valence-corrected chi connectivity index (χ1v) is 12.7. The molecule has 0 fully saturated rings.